The molecule has 0 aliphatic rings. The molecule has 1 aromatic carbocycles. The summed E-state index contributed by atoms with van der Waals surface area (Å²) in [4.78, 5) is 0. The van der Waals surface area contributed by atoms with Crippen LogP contribution in [0.15, 0.2) is 36.6 Å². The Morgan fingerprint density at radius 2 is 1.94 bits per heavy atom. The molecule has 0 spiro atoms. The van der Waals surface area contributed by atoms with E-state index in [0.717, 1.165) is 11.4 Å². The molecular weight excluding hydrogens is 260 g/mol. The van der Waals surface area contributed by atoms with Gasteiger partial charge in [0.25, 0.3) is 0 Å². The van der Waals surface area contributed by atoms with Gasteiger partial charge in [-0.25, -0.2) is 0 Å². The summed E-state index contributed by atoms with van der Waals surface area (Å²) in [5, 5.41) is 1.03. The standard InChI is InChI=1S/C15H23ClOSi/c1-15(2,3)18(4,5)17-11-7-9-13-8-6-10-14(16)12-13/h6-8,10-12H,9H2,1-5H3. The van der Waals surface area contributed by atoms with Crippen molar-refractivity contribution in [2.24, 2.45) is 0 Å². The van der Waals surface area contributed by atoms with Gasteiger partial charge in [0.05, 0.1) is 6.26 Å². The molecule has 1 aromatic rings. The first-order valence-corrected chi connectivity index (χ1v) is 9.58. The highest BCUT2D eigenvalue weighted by atomic mass is 35.5. The highest BCUT2D eigenvalue weighted by Crippen LogP contribution is 2.36. The van der Waals surface area contributed by atoms with E-state index in [0.29, 0.717) is 0 Å². The maximum Gasteiger partial charge on any atom is 0.249 e. The van der Waals surface area contributed by atoms with Crippen molar-refractivity contribution in [1.29, 1.82) is 0 Å². The van der Waals surface area contributed by atoms with Gasteiger partial charge >= 0.3 is 0 Å². The minimum absolute atomic E-state index is 0.243. The zero-order valence-corrected chi connectivity index (χ0v) is 13.7. The molecule has 0 radical (unpaired) electrons. The summed E-state index contributed by atoms with van der Waals surface area (Å²) in [6.45, 7) is 11.2. The van der Waals surface area contributed by atoms with Gasteiger partial charge in [0, 0.05) is 5.02 Å². The van der Waals surface area contributed by atoms with Crippen LogP contribution in [0, 0.1) is 0 Å². The molecular formula is C15H23ClOSi. The first-order valence-electron chi connectivity index (χ1n) is 6.30. The van der Waals surface area contributed by atoms with Crippen LogP contribution in [0.4, 0.5) is 0 Å². The second-order valence-corrected chi connectivity index (χ2v) is 11.3. The summed E-state index contributed by atoms with van der Waals surface area (Å²) in [6.07, 6.45) is 4.78. The maximum atomic E-state index is 5.97. The molecule has 0 aliphatic heterocycles. The Kier molecular flexibility index (Phi) is 5.06. The molecule has 100 valence electrons. The lowest BCUT2D eigenvalue weighted by Gasteiger charge is -2.34. The Morgan fingerprint density at radius 3 is 2.50 bits per heavy atom. The molecule has 0 bridgehead atoms. The number of hydrogen-bond donors (Lipinski definition) is 0. The van der Waals surface area contributed by atoms with Crippen LogP contribution in [0.5, 0.6) is 0 Å². The quantitative estimate of drug-likeness (QED) is 0.529. The van der Waals surface area contributed by atoms with E-state index < -0.39 is 8.32 Å². The van der Waals surface area contributed by atoms with Crippen molar-refractivity contribution in [3.05, 3.63) is 47.2 Å². The predicted octanol–water partition coefficient (Wildman–Crippen LogP) is 5.42. The first kappa shape index (κ1) is 15.3. The molecule has 0 amide bonds. The second kappa shape index (κ2) is 5.94. The summed E-state index contributed by atoms with van der Waals surface area (Å²) in [6, 6.07) is 7.92. The van der Waals surface area contributed by atoms with Crippen molar-refractivity contribution in [1.82, 2.24) is 0 Å². The minimum Gasteiger partial charge on any atom is -0.549 e. The van der Waals surface area contributed by atoms with Crippen molar-refractivity contribution in [3.8, 4) is 0 Å². The number of rotatable bonds is 4. The summed E-state index contributed by atoms with van der Waals surface area (Å²) < 4.78 is 5.97. The van der Waals surface area contributed by atoms with Gasteiger partial charge in [-0.1, -0.05) is 44.5 Å². The predicted molar refractivity (Wildman–Crippen MR) is 82.6 cm³/mol. The Balaban J connectivity index is 2.52. The second-order valence-electron chi connectivity index (χ2n) is 6.08. The van der Waals surface area contributed by atoms with Crippen LogP contribution in [-0.4, -0.2) is 8.32 Å². The lowest BCUT2D eigenvalue weighted by Crippen LogP contribution is -2.39. The zero-order chi connectivity index (χ0) is 13.8. The van der Waals surface area contributed by atoms with Crippen molar-refractivity contribution in [3.63, 3.8) is 0 Å². The molecule has 0 atom stereocenters. The van der Waals surface area contributed by atoms with Crippen molar-refractivity contribution >= 4 is 19.9 Å². The summed E-state index contributed by atoms with van der Waals surface area (Å²) >= 11 is 5.94. The van der Waals surface area contributed by atoms with E-state index in [1.54, 1.807) is 0 Å². The van der Waals surface area contributed by atoms with Gasteiger partial charge in [0.15, 0.2) is 0 Å². The fourth-order valence-electron chi connectivity index (χ4n) is 1.24. The molecule has 0 saturated heterocycles. The number of hydrogen-bond acceptors (Lipinski definition) is 1. The largest absolute Gasteiger partial charge is 0.549 e. The van der Waals surface area contributed by atoms with Crippen molar-refractivity contribution in [2.75, 3.05) is 0 Å². The normalized spacial score (nSPS) is 13.0. The van der Waals surface area contributed by atoms with E-state index in [1.165, 1.54) is 5.56 Å². The number of benzene rings is 1. The molecule has 0 unspecified atom stereocenters. The molecule has 1 nitrogen and oxygen atoms in total. The van der Waals surface area contributed by atoms with E-state index in [1.807, 2.05) is 24.5 Å². The smallest absolute Gasteiger partial charge is 0.249 e. The molecule has 3 heteroatoms. The fraction of sp³-hybridized carbons (Fsp3) is 0.467. The Bertz CT molecular complexity index is 419. The van der Waals surface area contributed by atoms with Gasteiger partial charge in [-0.05, 0) is 48.3 Å². The fourth-order valence-corrected chi connectivity index (χ4v) is 2.25. The summed E-state index contributed by atoms with van der Waals surface area (Å²) in [7, 11) is -1.67. The Labute approximate surface area is 117 Å². The van der Waals surface area contributed by atoms with Crippen LogP contribution < -0.4 is 0 Å². The third-order valence-corrected chi connectivity index (χ3v) is 8.08. The number of halogens is 1. The summed E-state index contributed by atoms with van der Waals surface area (Å²) in [5.74, 6) is 0. The van der Waals surface area contributed by atoms with Crippen LogP contribution >= 0.6 is 11.6 Å². The molecule has 0 saturated carbocycles. The number of allylic oxidation sites excluding steroid dienone is 1. The van der Waals surface area contributed by atoms with Gasteiger partial charge in [0.1, 0.15) is 0 Å². The van der Waals surface area contributed by atoms with Gasteiger partial charge in [-0.15, -0.1) is 0 Å². The maximum absolute atomic E-state index is 5.97. The Morgan fingerprint density at radius 1 is 1.28 bits per heavy atom. The van der Waals surface area contributed by atoms with E-state index in [4.69, 9.17) is 16.0 Å². The van der Waals surface area contributed by atoms with Crippen molar-refractivity contribution < 1.29 is 4.43 Å². The van der Waals surface area contributed by atoms with E-state index in [9.17, 15) is 0 Å². The molecule has 0 N–H and O–H groups in total. The average Bonchev–Trinajstić information content (AvgIpc) is 2.23. The molecule has 0 aromatic heterocycles. The molecule has 0 aliphatic carbocycles. The van der Waals surface area contributed by atoms with Gasteiger partial charge in [-0.3, -0.25) is 0 Å². The van der Waals surface area contributed by atoms with Crippen LogP contribution in [0.25, 0.3) is 0 Å². The monoisotopic (exact) mass is 282 g/mol. The van der Waals surface area contributed by atoms with E-state index in [-0.39, 0.29) is 5.04 Å². The first-order chi connectivity index (χ1) is 8.22. The topological polar surface area (TPSA) is 9.23 Å². The van der Waals surface area contributed by atoms with Gasteiger partial charge < -0.3 is 4.43 Å². The van der Waals surface area contributed by atoms with E-state index in [2.05, 4.69) is 46.0 Å². The van der Waals surface area contributed by atoms with Crippen molar-refractivity contribution in [2.45, 2.75) is 45.3 Å². The summed E-state index contributed by atoms with van der Waals surface area (Å²) in [5.41, 5.74) is 1.21. The average molecular weight is 283 g/mol. The van der Waals surface area contributed by atoms with Crippen LogP contribution in [0.1, 0.15) is 26.3 Å². The lowest BCUT2D eigenvalue weighted by atomic mass is 10.1. The molecule has 0 fully saturated rings. The molecule has 1 rings (SSSR count). The highest BCUT2D eigenvalue weighted by Gasteiger charge is 2.37. The highest BCUT2D eigenvalue weighted by molar-refractivity contribution is 6.74. The third-order valence-electron chi connectivity index (χ3n) is 3.51. The van der Waals surface area contributed by atoms with Gasteiger partial charge in [-0.2, -0.15) is 0 Å². The van der Waals surface area contributed by atoms with E-state index >= 15 is 0 Å². The molecule has 18 heavy (non-hydrogen) atoms. The van der Waals surface area contributed by atoms with Crippen LogP contribution in [0.3, 0.4) is 0 Å². The van der Waals surface area contributed by atoms with Gasteiger partial charge in [0.2, 0.25) is 8.32 Å². The van der Waals surface area contributed by atoms with Crippen LogP contribution in [-0.2, 0) is 10.8 Å². The lowest BCUT2D eigenvalue weighted by molar-refractivity contribution is 0.429. The van der Waals surface area contributed by atoms with Crippen LogP contribution in [0.2, 0.25) is 23.2 Å². The molecule has 0 heterocycles. The third kappa shape index (κ3) is 4.50. The zero-order valence-electron chi connectivity index (χ0n) is 12.0. The Hall–Kier alpha value is -0.733. The SMILES string of the molecule is CC(C)(C)[Si](C)(C)OC=CCc1cccc(Cl)c1. The minimum atomic E-state index is -1.67.